The fourth-order valence-corrected chi connectivity index (χ4v) is 2.75. The smallest absolute Gasteiger partial charge is 0.263 e. The average Bonchev–Trinajstić information content (AvgIpc) is 2.34. The van der Waals surface area contributed by atoms with E-state index in [1.54, 1.807) is 12.1 Å². The van der Waals surface area contributed by atoms with Gasteiger partial charge in [0.05, 0.1) is 10.7 Å². The van der Waals surface area contributed by atoms with Crippen molar-refractivity contribution in [3.8, 4) is 0 Å². The van der Waals surface area contributed by atoms with Gasteiger partial charge >= 0.3 is 0 Å². The van der Waals surface area contributed by atoms with Crippen LogP contribution in [0, 0.1) is 0 Å². The zero-order valence-corrected chi connectivity index (χ0v) is 12.6. The lowest BCUT2D eigenvalue weighted by Crippen LogP contribution is -2.13. The van der Waals surface area contributed by atoms with Gasteiger partial charge in [-0.1, -0.05) is 11.6 Å². The first-order valence-corrected chi connectivity index (χ1v) is 7.73. The maximum atomic E-state index is 12.1. The number of sulfonamides is 1. The molecule has 5 nitrogen and oxygen atoms in total. The third-order valence-corrected chi connectivity index (χ3v) is 4.84. The Bertz CT molecular complexity index is 704. The highest BCUT2D eigenvalue weighted by molar-refractivity contribution is 9.10. The van der Waals surface area contributed by atoms with Gasteiger partial charge in [0.2, 0.25) is 0 Å². The summed E-state index contributed by atoms with van der Waals surface area (Å²) in [6.07, 6.45) is 1.19. The van der Waals surface area contributed by atoms with Crippen LogP contribution < -0.4 is 10.5 Å². The second kappa shape index (κ2) is 5.36. The van der Waals surface area contributed by atoms with Gasteiger partial charge in [0.1, 0.15) is 10.7 Å². The van der Waals surface area contributed by atoms with E-state index < -0.39 is 10.0 Å². The van der Waals surface area contributed by atoms with Crippen LogP contribution >= 0.6 is 27.5 Å². The number of nitrogen functional groups attached to an aromatic ring is 1. The SMILES string of the molecule is Nc1ccc(S(=O)(=O)Nc2ccc(Br)c(Cl)c2)cn1. The monoisotopic (exact) mass is 361 g/mol. The van der Waals surface area contributed by atoms with Crippen molar-refractivity contribution in [3.05, 3.63) is 46.0 Å². The molecule has 8 heteroatoms. The molecular formula is C11H9BrClN3O2S. The second-order valence-corrected chi connectivity index (χ2v) is 6.60. The molecule has 3 N–H and O–H groups in total. The van der Waals surface area contributed by atoms with Crippen molar-refractivity contribution in [3.63, 3.8) is 0 Å². The minimum absolute atomic E-state index is 0.0285. The summed E-state index contributed by atoms with van der Waals surface area (Å²) in [6, 6.07) is 7.56. The Balaban J connectivity index is 2.30. The molecular weight excluding hydrogens is 354 g/mol. The van der Waals surface area contributed by atoms with Crippen LogP contribution in [0.1, 0.15) is 0 Å². The molecule has 2 aromatic rings. The van der Waals surface area contributed by atoms with E-state index in [2.05, 4.69) is 25.6 Å². The Morgan fingerprint density at radius 2 is 2.00 bits per heavy atom. The molecule has 1 heterocycles. The van der Waals surface area contributed by atoms with Crippen LogP contribution in [0.5, 0.6) is 0 Å². The molecule has 0 atom stereocenters. The van der Waals surface area contributed by atoms with Crippen LogP contribution in [0.15, 0.2) is 45.9 Å². The van der Waals surface area contributed by atoms with E-state index in [1.165, 1.54) is 24.4 Å². The molecule has 0 aliphatic rings. The number of benzene rings is 1. The third-order valence-electron chi connectivity index (χ3n) is 2.24. The summed E-state index contributed by atoms with van der Waals surface area (Å²) in [5, 5.41) is 0.413. The van der Waals surface area contributed by atoms with E-state index >= 15 is 0 Å². The van der Waals surface area contributed by atoms with E-state index in [0.29, 0.717) is 15.2 Å². The molecule has 0 bridgehead atoms. The molecule has 0 saturated heterocycles. The van der Waals surface area contributed by atoms with E-state index in [4.69, 9.17) is 17.3 Å². The lowest BCUT2D eigenvalue weighted by molar-refractivity contribution is 0.601. The van der Waals surface area contributed by atoms with Crippen LogP contribution in [-0.4, -0.2) is 13.4 Å². The summed E-state index contributed by atoms with van der Waals surface area (Å²) in [7, 11) is -3.70. The largest absolute Gasteiger partial charge is 0.384 e. The molecule has 2 rings (SSSR count). The van der Waals surface area contributed by atoms with Crippen LogP contribution in [-0.2, 0) is 10.0 Å². The van der Waals surface area contributed by atoms with Crippen molar-refractivity contribution >= 4 is 49.1 Å². The minimum atomic E-state index is -3.70. The summed E-state index contributed by atoms with van der Waals surface area (Å²) in [4.78, 5) is 3.77. The summed E-state index contributed by atoms with van der Waals surface area (Å²) in [6.45, 7) is 0. The fraction of sp³-hybridized carbons (Fsp3) is 0. The zero-order chi connectivity index (χ0) is 14.0. The number of nitrogens with one attached hydrogen (secondary N) is 1. The molecule has 0 fully saturated rings. The van der Waals surface area contributed by atoms with Gasteiger partial charge in [0.25, 0.3) is 10.0 Å². The normalized spacial score (nSPS) is 11.3. The van der Waals surface area contributed by atoms with Crippen molar-refractivity contribution in [1.29, 1.82) is 0 Å². The molecule has 0 saturated carbocycles. The van der Waals surface area contributed by atoms with Gasteiger partial charge in [0, 0.05) is 10.7 Å². The summed E-state index contributed by atoms with van der Waals surface area (Å²) < 4.78 is 27.2. The topological polar surface area (TPSA) is 85.1 Å². The number of hydrogen-bond donors (Lipinski definition) is 2. The third kappa shape index (κ3) is 3.37. The zero-order valence-electron chi connectivity index (χ0n) is 9.47. The van der Waals surface area contributed by atoms with E-state index in [1.807, 2.05) is 0 Å². The van der Waals surface area contributed by atoms with Crippen molar-refractivity contribution in [2.75, 3.05) is 10.5 Å². The Hall–Kier alpha value is -1.31. The van der Waals surface area contributed by atoms with Gasteiger partial charge < -0.3 is 5.73 Å². The number of rotatable bonds is 3. The lowest BCUT2D eigenvalue weighted by Gasteiger charge is -2.08. The number of anilines is 2. The molecule has 0 aliphatic carbocycles. The van der Waals surface area contributed by atoms with E-state index in [0.717, 1.165) is 0 Å². The number of halogens is 2. The van der Waals surface area contributed by atoms with Crippen molar-refractivity contribution in [2.45, 2.75) is 4.90 Å². The number of aromatic nitrogens is 1. The molecule has 100 valence electrons. The minimum Gasteiger partial charge on any atom is -0.384 e. The van der Waals surface area contributed by atoms with Crippen LogP contribution in [0.2, 0.25) is 5.02 Å². The van der Waals surface area contributed by atoms with Crippen molar-refractivity contribution < 1.29 is 8.42 Å². The predicted octanol–water partition coefficient (Wildman–Crippen LogP) is 2.88. The van der Waals surface area contributed by atoms with Crippen LogP contribution in [0.25, 0.3) is 0 Å². The second-order valence-electron chi connectivity index (χ2n) is 3.65. The van der Waals surface area contributed by atoms with E-state index in [9.17, 15) is 8.42 Å². The van der Waals surface area contributed by atoms with E-state index in [-0.39, 0.29) is 10.7 Å². The Morgan fingerprint density at radius 1 is 1.26 bits per heavy atom. The van der Waals surface area contributed by atoms with Crippen molar-refractivity contribution in [2.24, 2.45) is 0 Å². The number of hydrogen-bond acceptors (Lipinski definition) is 4. The van der Waals surface area contributed by atoms with Gasteiger partial charge in [-0.25, -0.2) is 13.4 Å². The van der Waals surface area contributed by atoms with Crippen LogP contribution in [0.3, 0.4) is 0 Å². The first-order valence-electron chi connectivity index (χ1n) is 5.08. The quantitative estimate of drug-likeness (QED) is 0.879. The molecule has 0 amide bonds. The Kier molecular flexibility index (Phi) is 3.98. The standard InChI is InChI=1S/C11H9BrClN3O2S/c12-9-3-1-7(5-10(9)13)16-19(17,18)8-2-4-11(14)15-6-8/h1-6,16H,(H2,14,15). The Morgan fingerprint density at radius 3 is 2.58 bits per heavy atom. The highest BCUT2D eigenvalue weighted by atomic mass is 79.9. The molecule has 0 aliphatic heterocycles. The highest BCUT2D eigenvalue weighted by Gasteiger charge is 2.15. The molecule has 0 spiro atoms. The first kappa shape index (κ1) is 14.1. The first-order chi connectivity index (χ1) is 8.88. The average molecular weight is 363 g/mol. The van der Waals surface area contributed by atoms with Crippen molar-refractivity contribution in [1.82, 2.24) is 4.98 Å². The summed E-state index contributed by atoms with van der Waals surface area (Å²) in [5.74, 6) is 0.255. The number of pyridine rings is 1. The maximum Gasteiger partial charge on any atom is 0.263 e. The Labute approximate surface area is 124 Å². The highest BCUT2D eigenvalue weighted by Crippen LogP contribution is 2.26. The van der Waals surface area contributed by atoms with Gasteiger partial charge in [-0.2, -0.15) is 0 Å². The summed E-state index contributed by atoms with van der Waals surface area (Å²) >= 11 is 9.13. The number of nitrogens with two attached hydrogens (primary N) is 1. The van der Waals surface area contributed by atoms with Gasteiger partial charge in [-0.3, -0.25) is 4.72 Å². The van der Waals surface area contributed by atoms with Gasteiger partial charge in [0.15, 0.2) is 0 Å². The van der Waals surface area contributed by atoms with Crippen LogP contribution in [0.4, 0.5) is 11.5 Å². The fourth-order valence-electron chi connectivity index (χ4n) is 1.32. The van der Waals surface area contributed by atoms with Gasteiger partial charge in [-0.05, 0) is 46.3 Å². The molecule has 19 heavy (non-hydrogen) atoms. The molecule has 1 aromatic carbocycles. The van der Waals surface area contributed by atoms with Gasteiger partial charge in [-0.15, -0.1) is 0 Å². The molecule has 0 unspecified atom stereocenters. The molecule has 0 radical (unpaired) electrons. The maximum absolute atomic E-state index is 12.1. The summed E-state index contributed by atoms with van der Waals surface area (Å²) in [5.41, 5.74) is 5.78. The predicted molar refractivity (Wildman–Crippen MR) is 78.6 cm³/mol. The molecule has 1 aromatic heterocycles. The lowest BCUT2D eigenvalue weighted by atomic mass is 10.3. The number of nitrogens with zero attached hydrogens (tertiary/aromatic N) is 1.